The molecule has 4 heteroatoms. The molecule has 4 nitrogen and oxygen atoms in total. The molecule has 1 aliphatic heterocycles. The number of benzene rings is 1. The van der Waals surface area contributed by atoms with Crippen LogP contribution in [-0.2, 0) is 19.4 Å². The second-order valence-corrected chi connectivity index (χ2v) is 4.97. The normalized spacial score (nSPS) is 13.6. The van der Waals surface area contributed by atoms with Crippen molar-refractivity contribution in [3.8, 4) is 6.07 Å². The van der Waals surface area contributed by atoms with Crippen LogP contribution in [0, 0.1) is 11.3 Å². The van der Waals surface area contributed by atoms with E-state index in [1.807, 2.05) is 36.4 Å². The number of nitrogens with zero attached hydrogens (tertiary/aromatic N) is 1. The van der Waals surface area contributed by atoms with Crippen molar-refractivity contribution >= 4 is 0 Å². The van der Waals surface area contributed by atoms with Gasteiger partial charge in [0.05, 0.1) is 0 Å². The van der Waals surface area contributed by atoms with Gasteiger partial charge in [0, 0.05) is 18.7 Å². The van der Waals surface area contributed by atoms with Crippen LogP contribution >= 0.6 is 0 Å². The molecule has 0 atom stereocenters. The number of hydrogen-bond donors (Lipinski definition) is 2. The SMILES string of the molecule is N#Cc1c2c(c(Cc3ccccc3)[nH]c1=O)CNCC2. The van der Waals surface area contributed by atoms with Gasteiger partial charge in [0.2, 0.25) is 0 Å². The third kappa shape index (κ3) is 2.24. The molecular weight excluding hydrogens is 250 g/mol. The third-order valence-electron chi connectivity index (χ3n) is 3.71. The average Bonchev–Trinajstić information content (AvgIpc) is 2.49. The minimum Gasteiger partial charge on any atom is -0.324 e. The van der Waals surface area contributed by atoms with Gasteiger partial charge in [0.15, 0.2) is 0 Å². The first kappa shape index (κ1) is 12.6. The summed E-state index contributed by atoms with van der Waals surface area (Å²) in [5, 5.41) is 12.5. The van der Waals surface area contributed by atoms with Crippen molar-refractivity contribution in [3.05, 3.63) is 68.6 Å². The molecule has 20 heavy (non-hydrogen) atoms. The number of nitrogens with one attached hydrogen (secondary N) is 2. The molecule has 2 N–H and O–H groups in total. The molecule has 100 valence electrons. The number of aromatic amines is 1. The number of aromatic nitrogens is 1. The molecule has 2 heterocycles. The summed E-state index contributed by atoms with van der Waals surface area (Å²) in [6.45, 7) is 1.53. The van der Waals surface area contributed by atoms with Gasteiger partial charge in [-0.3, -0.25) is 4.79 Å². The molecule has 1 aromatic carbocycles. The van der Waals surface area contributed by atoms with E-state index < -0.39 is 0 Å². The molecule has 2 aromatic rings. The summed E-state index contributed by atoms with van der Waals surface area (Å²) in [4.78, 5) is 14.9. The molecule has 1 aromatic heterocycles. The van der Waals surface area contributed by atoms with Crippen molar-refractivity contribution in [3.63, 3.8) is 0 Å². The summed E-state index contributed by atoms with van der Waals surface area (Å²) in [5.41, 5.74) is 4.08. The predicted octanol–water partition coefficient (Wildman–Crippen LogP) is 1.48. The molecule has 0 unspecified atom stereocenters. The van der Waals surface area contributed by atoms with Crippen LogP contribution in [0.5, 0.6) is 0 Å². The van der Waals surface area contributed by atoms with E-state index >= 15 is 0 Å². The Morgan fingerprint density at radius 3 is 2.75 bits per heavy atom. The lowest BCUT2D eigenvalue weighted by Crippen LogP contribution is -2.30. The number of H-pyrrole nitrogens is 1. The predicted molar refractivity (Wildman–Crippen MR) is 76.4 cm³/mol. The summed E-state index contributed by atoms with van der Waals surface area (Å²) in [6.07, 6.45) is 1.43. The standard InChI is InChI=1S/C16H15N3O/c17-9-13-12-6-7-18-10-14(12)15(19-16(13)20)8-11-4-2-1-3-5-11/h1-5,18H,6-8,10H2,(H,19,20). The summed E-state index contributed by atoms with van der Waals surface area (Å²) >= 11 is 0. The fourth-order valence-corrected chi connectivity index (χ4v) is 2.73. The number of hydrogen-bond acceptors (Lipinski definition) is 3. The Labute approximate surface area is 117 Å². The zero-order valence-electron chi connectivity index (χ0n) is 11.1. The fraction of sp³-hybridized carbons (Fsp3) is 0.250. The molecule has 0 fully saturated rings. The van der Waals surface area contributed by atoms with E-state index in [4.69, 9.17) is 5.26 Å². The second-order valence-electron chi connectivity index (χ2n) is 4.97. The zero-order chi connectivity index (χ0) is 13.9. The topological polar surface area (TPSA) is 68.7 Å². The Kier molecular flexibility index (Phi) is 3.36. The van der Waals surface area contributed by atoms with Crippen molar-refractivity contribution in [2.75, 3.05) is 6.54 Å². The highest BCUT2D eigenvalue weighted by Crippen LogP contribution is 2.20. The average molecular weight is 265 g/mol. The Morgan fingerprint density at radius 2 is 2.00 bits per heavy atom. The van der Waals surface area contributed by atoms with Gasteiger partial charge >= 0.3 is 0 Å². The smallest absolute Gasteiger partial charge is 0.266 e. The van der Waals surface area contributed by atoms with Crippen LogP contribution in [0.4, 0.5) is 0 Å². The number of pyridine rings is 1. The molecule has 3 rings (SSSR count). The van der Waals surface area contributed by atoms with Crippen molar-refractivity contribution in [2.45, 2.75) is 19.4 Å². The quantitative estimate of drug-likeness (QED) is 0.864. The highest BCUT2D eigenvalue weighted by molar-refractivity contribution is 5.45. The largest absolute Gasteiger partial charge is 0.324 e. The van der Waals surface area contributed by atoms with Gasteiger partial charge in [-0.15, -0.1) is 0 Å². The van der Waals surface area contributed by atoms with E-state index in [0.717, 1.165) is 35.3 Å². The van der Waals surface area contributed by atoms with Crippen LogP contribution in [0.25, 0.3) is 0 Å². The summed E-state index contributed by atoms with van der Waals surface area (Å²) in [5.74, 6) is 0. The maximum atomic E-state index is 12.0. The van der Waals surface area contributed by atoms with E-state index in [0.29, 0.717) is 13.0 Å². The van der Waals surface area contributed by atoms with Gasteiger partial charge in [-0.05, 0) is 29.7 Å². The Hall–Kier alpha value is -2.38. The number of nitriles is 1. The fourth-order valence-electron chi connectivity index (χ4n) is 2.73. The molecule has 0 aliphatic carbocycles. The van der Waals surface area contributed by atoms with E-state index in [-0.39, 0.29) is 11.1 Å². The van der Waals surface area contributed by atoms with Gasteiger partial charge in [-0.2, -0.15) is 5.26 Å². The second kappa shape index (κ2) is 5.32. The lowest BCUT2D eigenvalue weighted by atomic mass is 9.93. The Morgan fingerprint density at radius 1 is 1.20 bits per heavy atom. The lowest BCUT2D eigenvalue weighted by molar-refractivity contribution is 0.631. The summed E-state index contributed by atoms with van der Waals surface area (Å²) in [6, 6.07) is 12.1. The number of fused-ring (bicyclic) bond motifs is 1. The van der Waals surface area contributed by atoms with Crippen molar-refractivity contribution < 1.29 is 0 Å². The van der Waals surface area contributed by atoms with Crippen molar-refractivity contribution in [1.29, 1.82) is 5.26 Å². The van der Waals surface area contributed by atoms with E-state index in [1.54, 1.807) is 0 Å². The monoisotopic (exact) mass is 265 g/mol. The molecular formula is C16H15N3O. The van der Waals surface area contributed by atoms with Gasteiger partial charge in [0.1, 0.15) is 11.6 Å². The molecule has 0 amide bonds. The van der Waals surface area contributed by atoms with Crippen LogP contribution in [0.3, 0.4) is 0 Å². The number of rotatable bonds is 2. The third-order valence-corrected chi connectivity index (χ3v) is 3.71. The molecule has 0 saturated carbocycles. The van der Waals surface area contributed by atoms with Crippen LogP contribution < -0.4 is 10.9 Å². The molecule has 0 saturated heterocycles. The first-order valence-electron chi connectivity index (χ1n) is 6.71. The first-order valence-corrected chi connectivity index (χ1v) is 6.71. The highest BCUT2D eigenvalue weighted by Gasteiger charge is 2.19. The van der Waals surface area contributed by atoms with Gasteiger partial charge < -0.3 is 10.3 Å². The van der Waals surface area contributed by atoms with Crippen LogP contribution in [-0.4, -0.2) is 11.5 Å². The van der Waals surface area contributed by atoms with Crippen molar-refractivity contribution in [2.24, 2.45) is 0 Å². The highest BCUT2D eigenvalue weighted by atomic mass is 16.1. The van der Waals surface area contributed by atoms with Gasteiger partial charge in [-0.25, -0.2) is 0 Å². The lowest BCUT2D eigenvalue weighted by Gasteiger charge is -2.21. The first-order chi connectivity index (χ1) is 9.79. The Balaban J connectivity index is 2.10. The maximum Gasteiger partial charge on any atom is 0.266 e. The van der Waals surface area contributed by atoms with E-state index in [2.05, 4.69) is 10.3 Å². The van der Waals surface area contributed by atoms with E-state index in [1.165, 1.54) is 0 Å². The molecule has 1 aliphatic rings. The zero-order valence-corrected chi connectivity index (χ0v) is 11.1. The molecule has 0 spiro atoms. The van der Waals surface area contributed by atoms with Gasteiger partial charge in [-0.1, -0.05) is 30.3 Å². The molecule has 0 radical (unpaired) electrons. The minimum atomic E-state index is -0.265. The van der Waals surface area contributed by atoms with Crippen LogP contribution in [0.1, 0.15) is 27.9 Å². The maximum absolute atomic E-state index is 12.0. The van der Waals surface area contributed by atoms with Gasteiger partial charge in [0.25, 0.3) is 5.56 Å². The Bertz CT molecular complexity index is 726. The van der Waals surface area contributed by atoms with Crippen LogP contribution in [0.2, 0.25) is 0 Å². The molecule has 0 bridgehead atoms. The van der Waals surface area contributed by atoms with Crippen molar-refractivity contribution in [1.82, 2.24) is 10.3 Å². The summed E-state index contributed by atoms with van der Waals surface area (Å²) in [7, 11) is 0. The minimum absolute atomic E-state index is 0.265. The summed E-state index contributed by atoms with van der Waals surface area (Å²) < 4.78 is 0. The van der Waals surface area contributed by atoms with E-state index in [9.17, 15) is 4.79 Å². The van der Waals surface area contributed by atoms with Crippen LogP contribution in [0.15, 0.2) is 35.1 Å².